The Kier molecular flexibility index (Phi) is 5.73. The molecule has 3 aromatic rings. The molecule has 1 unspecified atom stereocenters. The Morgan fingerprint density at radius 2 is 2.13 bits per heavy atom. The lowest BCUT2D eigenvalue weighted by atomic mass is 9.72. The van der Waals surface area contributed by atoms with Gasteiger partial charge in [-0.2, -0.15) is 0 Å². The van der Waals surface area contributed by atoms with Crippen molar-refractivity contribution in [2.45, 2.75) is 53.2 Å². The number of anilines is 1. The van der Waals surface area contributed by atoms with Crippen LogP contribution in [0.3, 0.4) is 0 Å². The van der Waals surface area contributed by atoms with Gasteiger partial charge in [-0.3, -0.25) is 19.5 Å². The van der Waals surface area contributed by atoms with Crippen molar-refractivity contribution < 1.29 is 9.53 Å². The molecule has 0 saturated heterocycles. The van der Waals surface area contributed by atoms with Gasteiger partial charge in [0.05, 0.1) is 11.7 Å². The van der Waals surface area contributed by atoms with Gasteiger partial charge >= 0.3 is 0 Å². The van der Waals surface area contributed by atoms with Crippen molar-refractivity contribution in [2.24, 2.45) is 11.3 Å². The van der Waals surface area contributed by atoms with E-state index in [2.05, 4.69) is 41.3 Å². The minimum absolute atomic E-state index is 0.115. The summed E-state index contributed by atoms with van der Waals surface area (Å²) >= 11 is 2.86. The van der Waals surface area contributed by atoms with Crippen molar-refractivity contribution in [1.82, 2.24) is 19.7 Å². The molecule has 3 aromatic heterocycles. The number of hydrogen-bond acceptors (Lipinski definition) is 8. The molecule has 4 rings (SSSR count). The lowest BCUT2D eigenvalue weighted by molar-refractivity contribution is -0.116. The molecule has 30 heavy (non-hydrogen) atoms. The first kappa shape index (κ1) is 21.1. The van der Waals surface area contributed by atoms with Crippen LogP contribution in [0.15, 0.2) is 11.1 Å². The van der Waals surface area contributed by atoms with Crippen LogP contribution in [0.1, 0.15) is 42.6 Å². The zero-order valence-corrected chi connectivity index (χ0v) is 19.2. The molecule has 0 aliphatic heterocycles. The summed E-state index contributed by atoms with van der Waals surface area (Å²) in [6, 6.07) is 0. The van der Waals surface area contributed by atoms with Crippen molar-refractivity contribution in [3.05, 3.63) is 32.1 Å². The summed E-state index contributed by atoms with van der Waals surface area (Å²) in [6.45, 7) is 7.05. The van der Waals surface area contributed by atoms with E-state index < -0.39 is 0 Å². The minimum atomic E-state index is -0.338. The molecule has 0 spiro atoms. The van der Waals surface area contributed by atoms with Gasteiger partial charge in [0.15, 0.2) is 0 Å². The number of ether oxygens (including phenoxy) is 1. The molecule has 1 atom stereocenters. The van der Waals surface area contributed by atoms with Gasteiger partial charge in [0.1, 0.15) is 23.0 Å². The second-order valence-corrected chi connectivity index (χ2v) is 10.8. The van der Waals surface area contributed by atoms with Gasteiger partial charge in [-0.05, 0) is 36.2 Å². The quantitative estimate of drug-likeness (QED) is 0.645. The first-order valence-corrected chi connectivity index (χ1v) is 11.5. The molecule has 3 heterocycles. The first-order chi connectivity index (χ1) is 14.3. The van der Waals surface area contributed by atoms with E-state index in [1.54, 1.807) is 18.4 Å². The Morgan fingerprint density at radius 3 is 2.87 bits per heavy atom. The fraction of sp³-hybridized carbons (Fsp3) is 0.550. The van der Waals surface area contributed by atoms with E-state index in [1.165, 1.54) is 27.1 Å². The Labute approximate surface area is 182 Å². The van der Waals surface area contributed by atoms with E-state index in [1.807, 2.05) is 0 Å². The van der Waals surface area contributed by atoms with E-state index in [-0.39, 0.29) is 23.4 Å². The third-order valence-electron chi connectivity index (χ3n) is 5.56. The van der Waals surface area contributed by atoms with E-state index in [9.17, 15) is 9.59 Å². The second kappa shape index (κ2) is 8.16. The van der Waals surface area contributed by atoms with Crippen LogP contribution < -0.4 is 10.9 Å². The zero-order valence-electron chi connectivity index (χ0n) is 17.5. The molecule has 1 aliphatic carbocycles. The summed E-state index contributed by atoms with van der Waals surface area (Å²) in [5, 5.41) is 12.3. The van der Waals surface area contributed by atoms with Crippen LogP contribution in [0.25, 0.3) is 10.2 Å². The summed E-state index contributed by atoms with van der Waals surface area (Å²) in [4.78, 5) is 32.1. The highest BCUT2D eigenvalue weighted by Gasteiger charge is 2.31. The molecule has 0 bridgehead atoms. The van der Waals surface area contributed by atoms with Crippen LogP contribution in [-0.4, -0.2) is 32.8 Å². The average molecular weight is 448 g/mol. The number of amides is 1. The molecular weight excluding hydrogens is 422 g/mol. The van der Waals surface area contributed by atoms with Crippen LogP contribution in [0.2, 0.25) is 0 Å². The van der Waals surface area contributed by atoms with Crippen molar-refractivity contribution in [3.8, 4) is 0 Å². The number of nitrogens with zero attached hydrogens (tertiary/aromatic N) is 4. The first-order valence-electron chi connectivity index (χ1n) is 9.87. The SMILES string of the molecule is COCc1nnc(NC(=O)Cn2cnc3sc4c(c3c2=O)CCC(C(C)(C)C)C4)s1. The number of fused-ring (bicyclic) bond motifs is 3. The molecule has 0 saturated carbocycles. The zero-order chi connectivity index (χ0) is 21.5. The lowest BCUT2D eigenvalue weighted by Gasteiger charge is -2.33. The van der Waals surface area contributed by atoms with Gasteiger partial charge in [-0.25, -0.2) is 4.98 Å². The van der Waals surface area contributed by atoms with Gasteiger partial charge < -0.3 is 4.74 Å². The van der Waals surface area contributed by atoms with Gasteiger partial charge in [0.2, 0.25) is 11.0 Å². The maximum absolute atomic E-state index is 13.1. The Balaban J connectivity index is 1.55. The van der Waals surface area contributed by atoms with Crippen molar-refractivity contribution >= 4 is 43.9 Å². The second-order valence-electron chi connectivity index (χ2n) is 8.65. The molecule has 10 heteroatoms. The van der Waals surface area contributed by atoms with Crippen molar-refractivity contribution in [2.75, 3.05) is 12.4 Å². The Hall–Kier alpha value is -2.17. The van der Waals surface area contributed by atoms with E-state index in [0.717, 1.165) is 29.7 Å². The van der Waals surface area contributed by atoms with Crippen molar-refractivity contribution in [3.63, 3.8) is 0 Å². The van der Waals surface area contributed by atoms with Gasteiger partial charge in [0.25, 0.3) is 5.56 Å². The maximum Gasteiger partial charge on any atom is 0.262 e. The lowest BCUT2D eigenvalue weighted by Crippen LogP contribution is -2.29. The third-order valence-corrected chi connectivity index (χ3v) is 7.53. The normalized spacial score (nSPS) is 16.6. The van der Waals surface area contributed by atoms with Gasteiger partial charge in [0, 0.05) is 12.0 Å². The van der Waals surface area contributed by atoms with Crippen LogP contribution in [0.4, 0.5) is 5.13 Å². The third kappa shape index (κ3) is 4.17. The Bertz CT molecular complexity index is 1140. The number of rotatable bonds is 5. The smallest absolute Gasteiger partial charge is 0.262 e. The number of carbonyl (C=O) groups is 1. The molecular formula is C20H25N5O3S2. The molecule has 0 fully saturated rings. The highest BCUT2D eigenvalue weighted by Crippen LogP contribution is 2.41. The summed E-state index contributed by atoms with van der Waals surface area (Å²) in [5.74, 6) is 0.260. The number of aromatic nitrogens is 4. The molecule has 0 aromatic carbocycles. The number of carbonyl (C=O) groups excluding carboxylic acids is 1. The maximum atomic E-state index is 13.1. The predicted molar refractivity (Wildman–Crippen MR) is 118 cm³/mol. The summed E-state index contributed by atoms with van der Waals surface area (Å²) in [6.07, 6.45) is 4.40. The topological polar surface area (TPSA) is 99.0 Å². The molecule has 1 N–H and O–H groups in total. The molecule has 1 aliphatic rings. The summed E-state index contributed by atoms with van der Waals surface area (Å²) < 4.78 is 6.38. The Morgan fingerprint density at radius 1 is 1.33 bits per heavy atom. The van der Waals surface area contributed by atoms with Crippen LogP contribution >= 0.6 is 22.7 Å². The fourth-order valence-corrected chi connectivity index (χ4v) is 5.84. The van der Waals surface area contributed by atoms with Crippen molar-refractivity contribution in [1.29, 1.82) is 0 Å². The largest absolute Gasteiger partial charge is 0.377 e. The number of thiophene rings is 1. The van der Waals surface area contributed by atoms with E-state index >= 15 is 0 Å². The van der Waals surface area contributed by atoms with Crippen LogP contribution in [0.5, 0.6) is 0 Å². The predicted octanol–water partition coefficient (Wildman–Crippen LogP) is 3.25. The minimum Gasteiger partial charge on any atom is -0.377 e. The standard InChI is InChI=1S/C20H25N5O3S2/c1-20(2,3)11-5-6-12-13(7-11)29-17-16(12)18(27)25(10-21-17)8-14(26)22-19-24-23-15(30-19)9-28-4/h10-11H,5-9H2,1-4H3,(H,22,24,26). The molecule has 160 valence electrons. The van der Waals surface area contributed by atoms with Gasteiger partial charge in [-0.15, -0.1) is 21.5 Å². The van der Waals surface area contributed by atoms with Crippen LogP contribution in [-0.2, 0) is 35.5 Å². The summed E-state index contributed by atoms with van der Waals surface area (Å²) in [5.41, 5.74) is 1.21. The highest BCUT2D eigenvalue weighted by molar-refractivity contribution is 7.18. The molecule has 8 nitrogen and oxygen atoms in total. The number of aryl methyl sites for hydroxylation is 1. The van der Waals surface area contributed by atoms with Crippen LogP contribution in [0, 0.1) is 11.3 Å². The fourth-order valence-electron chi connectivity index (χ4n) is 3.85. The number of hydrogen-bond donors (Lipinski definition) is 1. The molecule has 1 amide bonds. The molecule has 0 radical (unpaired) electrons. The number of methoxy groups -OCH3 is 1. The monoisotopic (exact) mass is 447 g/mol. The summed E-state index contributed by atoms with van der Waals surface area (Å²) in [7, 11) is 1.57. The van der Waals surface area contributed by atoms with E-state index in [0.29, 0.717) is 28.1 Å². The number of nitrogens with one attached hydrogen (secondary N) is 1. The average Bonchev–Trinajstić information content (AvgIpc) is 3.27. The van der Waals surface area contributed by atoms with E-state index in [4.69, 9.17) is 4.74 Å². The van der Waals surface area contributed by atoms with Gasteiger partial charge in [-0.1, -0.05) is 32.1 Å². The highest BCUT2D eigenvalue weighted by atomic mass is 32.1.